The summed E-state index contributed by atoms with van der Waals surface area (Å²) in [5, 5.41) is 3.44. The molecule has 0 saturated carbocycles. The van der Waals surface area contributed by atoms with Crippen molar-refractivity contribution < 1.29 is 4.74 Å². The highest BCUT2D eigenvalue weighted by molar-refractivity contribution is 5.51. The van der Waals surface area contributed by atoms with Crippen molar-refractivity contribution in [2.45, 2.75) is 18.9 Å². The van der Waals surface area contributed by atoms with Crippen LogP contribution in [-0.2, 0) is 4.74 Å². The Labute approximate surface area is 89.0 Å². The van der Waals surface area contributed by atoms with Gasteiger partial charge in [-0.25, -0.2) is 10.8 Å². The fourth-order valence-corrected chi connectivity index (χ4v) is 1.68. The summed E-state index contributed by atoms with van der Waals surface area (Å²) in [5.74, 6) is 5.96. The number of hydrogen-bond acceptors (Lipinski definition) is 5. The molecule has 15 heavy (non-hydrogen) atoms. The Bertz CT molecular complexity index is 312. The van der Waals surface area contributed by atoms with Gasteiger partial charge in [-0.15, -0.1) is 0 Å². The first-order valence-corrected chi connectivity index (χ1v) is 5.15. The quantitative estimate of drug-likeness (QED) is 0.509. The van der Waals surface area contributed by atoms with Gasteiger partial charge in [-0.1, -0.05) is 0 Å². The molecule has 0 atom stereocenters. The third-order valence-corrected chi connectivity index (χ3v) is 2.50. The second-order valence-corrected chi connectivity index (χ2v) is 3.61. The van der Waals surface area contributed by atoms with Crippen molar-refractivity contribution in [3.63, 3.8) is 0 Å². The molecule has 1 aliphatic rings. The van der Waals surface area contributed by atoms with Crippen LogP contribution < -0.4 is 16.6 Å². The Kier molecular flexibility index (Phi) is 3.37. The zero-order chi connectivity index (χ0) is 10.5. The Morgan fingerprint density at radius 1 is 1.40 bits per heavy atom. The van der Waals surface area contributed by atoms with Gasteiger partial charge in [0.15, 0.2) is 0 Å². The van der Waals surface area contributed by atoms with Crippen LogP contribution in [0.4, 0.5) is 11.5 Å². The second kappa shape index (κ2) is 4.95. The van der Waals surface area contributed by atoms with E-state index in [4.69, 9.17) is 10.6 Å². The molecule has 0 amide bonds. The van der Waals surface area contributed by atoms with Crippen molar-refractivity contribution in [2.24, 2.45) is 5.84 Å². The fourth-order valence-electron chi connectivity index (χ4n) is 1.68. The van der Waals surface area contributed by atoms with Gasteiger partial charge in [0, 0.05) is 37.2 Å². The summed E-state index contributed by atoms with van der Waals surface area (Å²) in [6, 6.07) is 4.33. The molecule has 1 aromatic rings. The normalized spacial score (nSPS) is 17.4. The maximum atomic E-state index is 5.30. The summed E-state index contributed by atoms with van der Waals surface area (Å²) in [6.07, 6.45) is 3.83. The first-order valence-electron chi connectivity index (χ1n) is 5.15. The molecule has 2 heterocycles. The number of nitrogens with two attached hydrogens (primary N) is 1. The van der Waals surface area contributed by atoms with E-state index in [9.17, 15) is 0 Å². The molecular formula is C10H16N4O. The van der Waals surface area contributed by atoms with E-state index in [1.54, 1.807) is 6.20 Å². The van der Waals surface area contributed by atoms with Gasteiger partial charge in [-0.2, -0.15) is 0 Å². The number of nitrogens with one attached hydrogen (secondary N) is 2. The van der Waals surface area contributed by atoms with Crippen molar-refractivity contribution in [3.8, 4) is 0 Å². The second-order valence-electron chi connectivity index (χ2n) is 3.61. The number of nitrogen functional groups attached to an aromatic ring is 1. The lowest BCUT2D eigenvalue weighted by Crippen LogP contribution is -2.27. The number of anilines is 2. The number of nitrogens with zero attached hydrogens (tertiary/aromatic N) is 1. The SMILES string of the molecule is NNc1cc(NC2CCOCC2)ccn1. The van der Waals surface area contributed by atoms with Crippen molar-refractivity contribution >= 4 is 11.5 Å². The van der Waals surface area contributed by atoms with E-state index >= 15 is 0 Å². The number of ether oxygens (including phenoxy) is 1. The number of hydrazine groups is 1. The van der Waals surface area contributed by atoms with E-state index in [-0.39, 0.29) is 0 Å². The van der Waals surface area contributed by atoms with E-state index in [0.29, 0.717) is 11.9 Å². The van der Waals surface area contributed by atoms with Crippen LogP contribution in [0.3, 0.4) is 0 Å². The van der Waals surface area contributed by atoms with Crippen LogP contribution in [-0.4, -0.2) is 24.2 Å². The smallest absolute Gasteiger partial charge is 0.141 e. The summed E-state index contributed by atoms with van der Waals surface area (Å²) < 4.78 is 5.30. The van der Waals surface area contributed by atoms with Gasteiger partial charge in [-0.05, 0) is 18.9 Å². The molecule has 5 nitrogen and oxygen atoms in total. The highest BCUT2D eigenvalue weighted by Gasteiger charge is 2.13. The average Bonchev–Trinajstić information content (AvgIpc) is 2.31. The lowest BCUT2D eigenvalue weighted by molar-refractivity contribution is 0.0904. The zero-order valence-corrected chi connectivity index (χ0v) is 8.57. The molecule has 1 aromatic heterocycles. The molecule has 5 heteroatoms. The van der Waals surface area contributed by atoms with Crippen molar-refractivity contribution in [2.75, 3.05) is 24.0 Å². The van der Waals surface area contributed by atoms with Gasteiger partial charge in [0.05, 0.1) is 0 Å². The van der Waals surface area contributed by atoms with Gasteiger partial charge >= 0.3 is 0 Å². The van der Waals surface area contributed by atoms with Crippen LogP contribution in [0.2, 0.25) is 0 Å². The first-order chi connectivity index (χ1) is 7.38. The minimum absolute atomic E-state index is 0.492. The molecule has 0 unspecified atom stereocenters. The Balaban J connectivity index is 1.96. The van der Waals surface area contributed by atoms with Crippen LogP contribution in [0.5, 0.6) is 0 Å². The highest BCUT2D eigenvalue weighted by atomic mass is 16.5. The van der Waals surface area contributed by atoms with Crippen LogP contribution in [0, 0.1) is 0 Å². The average molecular weight is 208 g/mol. The molecule has 0 spiro atoms. The van der Waals surface area contributed by atoms with Crippen molar-refractivity contribution in [1.29, 1.82) is 0 Å². The van der Waals surface area contributed by atoms with E-state index in [1.165, 1.54) is 0 Å². The summed E-state index contributed by atoms with van der Waals surface area (Å²) >= 11 is 0. The fraction of sp³-hybridized carbons (Fsp3) is 0.500. The zero-order valence-electron chi connectivity index (χ0n) is 8.57. The van der Waals surface area contributed by atoms with Crippen LogP contribution in [0.1, 0.15) is 12.8 Å². The largest absolute Gasteiger partial charge is 0.382 e. The molecule has 0 radical (unpaired) electrons. The Morgan fingerprint density at radius 3 is 2.93 bits per heavy atom. The first kappa shape index (κ1) is 10.2. The van der Waals surface area contributed by atoms with Gasteiger partial charge < -0.3 is 15.5 Å². The van der Waals surface area contributed by atoms with E-state index in [0.717, 1.165) is 31.7 Å². The van der Waals surface area contributed by atoms with Gasteiger partial charge in [-0.3, -0.25) is 0 Å². The minimum atomic E-state index is 0.492. The number of rotatable bonds is 3. The van der Waals surface area contributed by atoms with E-state index in [2.05, 4.69) is 15.7 Å². The number of aromatic nitrogens is 1. The Morgan fingerprint density at radius 2 is 2.20 bits per heavy atom. The number of pyridine rings is 1. The predicted molar refractivity (Wildman–Crippen MR) is 59.5 cm³/mol. The van der Waals surface area contributed by atoms with Crippen molar-refractivity contribution in [3.05, 3.63) is 18.3 Å². The van der Waals surface area contributed by atoms with Gasteiger partial charge in [0.25, 0.3) is 0 Å². The minimum Gasteiger partial charge on any atom is -0.382 e. The van der Waals surface area contributed by atoms with E-state index in [1.807, 2.05) is 12.1 Å². The highest BCUT2D eigenvalue weighted by Crippen LogP contribution is 2.16. The summed E-state index contributed by atoms with van der Waals surface area (Å²) in [5.41, 5.74) is 3.57. The molecule has 1 fully saturated rings. The molecule has 0 aromatic carbocycles. The standard InChI is InChI=1S/C10H16N4O/c11-14-10-7-9(1-4-12-10)13-8-2-5-15-6-3-8/h1,4,7-8H,2-3,5-6,11H2,(H2,12,13,14). The van der Waals surface area contributed by atoms with Crippen LogP contribution in [0.15, 0.2) is 18.3 Å². The van der Waals surface area contributed by atoms with Gasteiger partial charge in [0.1, 0.15) is 5.82 Å². The molecule has 1 aliphatic heterocycles. The molecule has 0 bridgehead atoms. The molecule has 0 aliphatic carbocycles. The maximum Gasteiger partial charge on any atom is 0.141 e. The third-order valence-electron chi connectivity index (χ3n) is 2.50. The predicted octanol–water partition coefficient (Wildman–Crippen LogP) is 0.958. The topological polar surface area (TPSA) is 72.2 Å². The van der Waals surface area contributed by atoms with E-state index < -0.39 is 0 Å². The molecule has 1 saturated heterocycles. The molecular weight excluding hydrogens is 192 g/mol. The maximum absolute atomic E-state index is 5.30. The summed E-state index contributed by atoms with van der Waals surface area (Å²) in [7, 11) is 0. The molecule has 2 rings (SSSR count). The van der Waals surface area contributed by atoms with Crippen LogP contribution >= 0.6 is 0 Å². The lowest BCUT2D eigenvalue weighted by atomic mass is 10.1. The van der Waals surface area contributed by atoms with Crippen molar-refractivity contribution in [1.82, 2.24) is 4.98 Å². The molecule has 4 N–H and O–H groups in total. The third kappa shape index (κ3) is 2.81. The van der Waals surface area contributed by atoms with Crippen LogP contribution in [0.25, 0.3) is 0 Å². The number of hydrogen-bond donors (Lipinski definition) is 3. The van der Waals surface area contributed by atoms with Gasteiger partial charge in [0.2, 0.25) is 0 Å². The summed E-state index contributed by atoms with van der Waals surface area (Å²) in [6.45, 7) is 1.68. The molecule has 82 valence electrons. The monoisotopic (exact) mass is 208 g/mol. The lowest BCUT2D eigenvalue weighted by Gasteiger charge is -2.24. The Hall–Kier alpha value is -1.33. The summed E-state index contributed by atoms with van der Waals surface area (Å²) in [4.78, 5) is 4.05.